The monoisotopic (exact) mass is 788 g/mol. The molecule has 2 heterocycles. The third kappa shape index (κ3) is 5.52. The molecule has 0 spiro atoms. The first kappa shape index (κ1) is 35.6. The Kier molecular flexibility index (Phi) is 7.95. The van der Waals surface area contributed by atoms with E-state index in [1.807, 2.05) is 6.07 Å². The molecule has 1 atom stereocenters. The number of rotatable bonds is 7. The molecule has 11 aromatic rings. The minimum absolute atomic E-state index is 0.0213. The second-order valence-corrected chi connectivity index (χ2v) is 17.2. The zero-order chi connectivity index (χ0) is 40.9. The van der Waals surface area contributed by atoms with Gasteiger partial charge in [0.25, 0.3) is 0 Å². The van der Waals surface area contributed by atoms with Gasteiger partial charge < -0.3 is 18.6 Å². The second kappa shape index (κ2) is 13.6. The average Bonchev–Trinajstić information content (AvgIpc) is 3.87. The fraction of sp³-hybridized carbons (Fsp3) is 0.123. The van der Waals surface area contributed by atoms with Gasteiger partial charge in [-0.1, -0.05) is 152 Å². The summed E-state index contributed by atoms with van der Waals surface area (Å²) in [5.74, 6) is 0.406. The Balaban J connectivity index is 1.23. The number of para-hydroxylation sites is 4. The van der Waals surface area contributed by atoms with Gasteiger partial charge in [-0.15, -0.1) is 0 Å². The van der Waals surface area contributed by atoms with E-state index in [9.17, 15) is 0 Å². The van der Waals surface area contributed by atoms with Crippen molar-refractivity contribution >= 4 is 105 Å². The first-order chi connectivity index (χ1) is 29.9. The molecular weight excluding hydrogens is 745 g/mol. The normalized spacial score (nSPS) is 14.5. The smallest absolute Gasteiger partial charge is 0.159 e. The number of hydrogen-bond acceptors (Lipinski definition) is 4. The number of nitrogens with zero attached hydrogens (tertiary/aromatic N) is 2. The molecule has 0 fully saturated rings. The van der Waals surface area contributed by atoms with Gasteiger partial charge in [0.1, 0.15) is 11.2 Å². The summed E-state index contributed by atoms with van der Waals surface area (Å²) in [6.07, 6.45) is 7.86. The number of furan rings is 2. The highest BCUT2D eigenvalue weighted by molar-refractivity contribution is 6.29. The maximum atomic E-state index is 6.86. The van der Waals surface area contributed by atoms with Crippen molar-refractivity contribution in [2.24, 2.45) is 0 Å². The fourth-order valence-corrected chi connectivity index (χ4v) is 9.95. The molecule has 0 bridgehead atoms. The number of benzene rings is 9. The van der Waals surface area contributed by atoms with Crippen molar-refractivity contribution < 1.29 is 8.83 Å². The molecular formula is C57H44N2O2. The first-order valence-corrected chi connectivity index (χ1v) is 21.5. The van der Waals surface area contributed by atoms with Crippen LogP contribution in [-0.4, -0.2) is 6.04 Å². The van der Waals surface area contributed by atoms with Crippen molar-refractivity contribution in [3.63, 3.8) is 0 Å². The Hall–Kier alpha value is -7.30. The van der Waals surface area contributed by atoms with E-state index in [-0.39, 0.29) is 6.04 Å². The van der Waals surface area contributed by atoms with Crippen LogP contribution >= 0.6 is 0 Å². The van der Waals surface area contributed by atoms with Crippen LogP contribution in [0.1, 0.15) is 44.2 Å². The predicted molar refractivity (Wildman–Crippen MR) is 258 cm³/mol. The Morgan fingerprint density at radius 2 is 1.11 bits per heavy atom. The number of allylic oxidation sites excluding steroid dienone is 2. The third-order valence-electron chi connectivity index (χ3n) is 13.0. The number of anilines is 5. The van der Waals surface area contributed by atoms with Crippen molar-refractivity contribution in [1.29, 1.82) is 0 Å². The summed E-state index contributed by atoms with van der Waals surface area (Å²) in [5, 5.41) is 11.9. The minimum Gasteiger partial charge on any atom is -0.454 e. The highest BCUT2D eigenvalue weighted by atomic mass is 16.3. The van der Waals surface area contributed by atoms with Crippen molar-refractivity contribution in [2.75, 3.05) is 9.80 Å². The van der Waals surface area contributed by atoms with Crippen LogP contribution in [0.2, 0.25) is 0 Å². The minimum atomic E-state index is 0.0213. The van der Waals surface area contributed by atoms with Crippen LogP contribution in [0, 0.1) is 6.92 Å². The molecule has 294 valence electrons. The molecule has 1 aliphatic carbocycles. The van der Waals surface area contributed by atoms with Crippen LogP contribution in [0.3, 0.4) is 0 Å². The molecule has 1 aliphatic rings. The third-order valence-corrected chi connectivity index (χ3v) is 13.0. The van der Waals surface area contributed by atoms with Crippen LogP contribution < -0.4 is 9.80 Å². The summed E-state index contributed by atoms with van der Waals surface area (Å²) in [6.45, 7) is 8.91. The van der Waals surface area contributed by atoms with Crippen LogP contribution in [0.5, 0.6) is 0 Å². The van der Waals surface area contributed by atoms with Gasteiger partial charge in [-0.3, -0.25) is 0 Å². The molecule has 0 amide bonds. The molecule has 0 N–H and O–H groups in total. The average molecular weight is 789 g/mol. The lowest BCUT2D eigenvalue weighted by Crippen LogP contribution is -2.30. The van der Waals surface area contributed by atoms with E-state index >= 15 is 0 Å². The molecule has 1 unspecified atom stereocenters. The molecule has 0 aliphatic heterocycles. The summed E-state index contributed by atoms with van der Waals surface area (Å²) >= 11 is 0. The predicted octanol–water partition coefficient (Wildman–Crippen LogP) is 16.7. The van der Waals surface area contributed by atoms with Crippen molar-refractivity contribution in [3.05, 3.63) is 187 Å². The van der Waals surface area contributed by atoms with Gasteiger partial charge in [0.2, 0.25) is 0 Å². The van der Waals surface area contributed by atoms with Crippen molar-refractivity contribution in [2.45, 2.75) is 46.1 Å². The Morgan fingerprint density at radius 1 is 0.525 bits per heavy atom. The van der Waals surface area contributed by atoms with Crippen molar-refractivity contribution in [1.82, 2.24) is 0 Å². The van der Waals surface area contributed by atoms with Crippen molar-refractivity contribution in [3.8, 4) is 0 Å². The summed E-state index contributed by atoms with van der Waals surface area (Å²) in [6, 6.07) is 55.5. The zero-order valence-corrected chi connectivity index (χ0v) is 34.7. The lowest BCUT2D eigenvalue weighted by Gasteiger charge is -2.36. The van der Waals surface area contributed by atoms with E-state index in [4.69, 9.17) is 8.83 Å². The Bertz CT molecular complexity index is 3560. The van der Waals surface area contributed by atoms with E-state index in [2.05, 4.69) is 201 Å². The van der Waals surface area contributed by atoms with Crippen LogP contribution in [0.15, 0.2) is 184 Å². The van der Waals surface area contributed by atoms with E-state index < -0.39 is 0 Å². The summed E-state index contributed by atoms with van der Waals surface area (Å²) in [4.78, 5) is 4.98. The largest absolute Gasteiger partial charge is 0.454 e. The molecule has 9 aromatic carbocycles. The molecule has 2 aromatic heterocycles. The standard InChI is InChI=1S/C57H44N2O2/c1-34(2)39-31-37-23-29-46-50(58(40-25-19-35(3)20-26-40)48-15-9-13-44-42-11-5-7-17-52(42)60-56(44)48)33-51(47-30-24-38(32-39)54(37)55(46)47)59(41-27-21-36(4)22-28-41)49-16-10-14-45-43-12-6-8-18-53(43)61-57(45)49/h5-27,29-34,41H,28H2,1-4H3. The zero-order valence-electron chi connectivity index (χ0n) is 34.7. The molecule has 0 saturated carbocycles. The Morgan fingerprint density at radius 3 is 1.74 bits per heavy atom. The summed E-state index contributed by atoms with van der Waals surface area (Å²) in [7, 11) is 0. The van der Waals surface area contributed by atoms with Gasteiger partial charge in [0, 0.05) is 43.4 Å². The van der Waals surface area contributed by atoms with Gasteiger partial charge in [-0.25, -0.2) is 0 Å². The van der Waals surface area contributed by atoms with Gasteiger partial charge >= 0.3 is 0 Å². The van der Waals surface area contributed by atoms with Gasteiger partial charge in [0.15, 0.2) is 11.2 Å². The SMILES string of the molecule is CC1=CCC(N(c2cc(N(c3ccc(C)cc3)c3cccc4c3oc3ccccc34)c3ccc4cc(C(C)C)cc5ccc2c3c45)c2cccc3c2oc2ccccc23)C=C1. The lowest BCUT2D eigenvalue weighted by atomic mass is 9.88. The first-order valence-electron chi connectivity index (χ1n) is 21.5. The van der Waals surface area contributed by atoms with Crippen LogP contribution in [0.4, 0.5) is 28.4 Å². The van der Waals surface area contributed by atoms with Gasteiger partial charge in [-0.2, -0.15) is 0 Å². The fourth-order valence-electron chi connectivity index (χ4n) is 9.95. The second-order valence-electron chi connectivity index (χ2n) is 17.2. The Labute approximate surface area is 354 Å². The highest BCUT2D eigenvalue weighted by Gasteiger charge is 2.30. The number of aryl methyl sites for hydroxylation is 1. The summed E-state index contributed by atoms with van der Waals surface area (Å²) in [5.41, 5.74) is 12.6. The number of hydrogen-bond donors (Lipinski definition) is 0. The lowest BCUT2D eigenvalue weighted by molar-refractivity contribution is 0.664. The molecule has 61 heavy (non-hydrogen) atoms. The molecule has 4 heteroatoms. The number of fused-ring (bicyclic) bond motifs is 6. The van der Waals surface area contributed by atoms with E-state index in [1.54, 1.807) is 0 Å². The van der Waals surface area contributed by atoms with Gasteiger partial charge in [-0.05, 0) is 90.4 Å². The maximum Gasteiger partial charge on any atom is 0.159 e. The molecule has 12 rings (SSSR count). The summed E-state index contributed by atoms with van der Waals surface area (Å²) < 4.78 is 13.7. The highest BCUT2D eigenvalue weighted by Crippen LogP contribution is 2.52. The van der Waals surface area contributed by atoms with E-state index in [1.165, 1.54) is 49.0 Å². The van der Waals surface area contributed by atoms with E-state index in [0.717, 1.165) is 78.7 Å². The topological polar surface area (TPSA) is 32.8 Å². The van der Waals surface area contributed by atoms with Crippen LogP contribution in [0.25, 0.3) is 76.2 Å². The quantitative estimate of drug-likeness (QED) is 0.151. The molecule has 0 saturated heterocycles. The maximum absolute atomic E-state index is 6.86. The van der Waals surface area contributed by atoms with Gasteiger partial charge in [0.05, 0.1) is 28.8 Å². The molecule has 0 radical (unpaired) electrons. The van der Waals surface area contributed by atoms with Crippen LogP contribution in [-0.2, 0) is 0 Å². The molecule has 4 nitrogen and oxygen atoms in total. The van der Waals surface area contributed by atoms with E-state index in [0.29, 0.717) is 5.92 Å².